The maximum absolute atomic E-state index is 13.4. The van der Waals surface area contributed by atoms with Gasteiger partial charge in [-0.3, -0.25) is 19.7 Å². The molecule has 2 fully saturated rings. The summed E-state index contributed by atoms with van der Waals surface area (Å²) in [7, 11) is 0. The summed E-state index contributed by atoms with van der Waals surface area (Å²) in [4.78, 5) is 42.9. The van der Waals surface area contributed by atoms with Crippen LogP contribution in [-0.2, 0) is 16.1 Å². The second kappa shape index (κ2) is 10.3. The third kappa shape index (κ3) is 5.51. The van der Waals surface area contributed by atoms with E-state index in [0.717, 1.165) is 17.7 Å². The van der Waals surface area contributed by atoms with Crippen molar-refractivity contribution in [2.45, 2.75) is 32.4 Å². The third-order valence-electron chi connectivity index (χ3n) is 6.15. The lowest BCUT2D eigenvalue weighted by molar-refractivity contribution is -0.384. The quantitative estimate of drug-likeness (QED) is 0.454. The lowest BCUT2D eigenvalue weighted by Crippen LogP contribution is -2.48. The molecule has 33 heavy (non-hydrogen) atoms. The number of ether oxygens (including phenoxy) is 1. The number of benzene rings is 1. The van der Waals surface area contributed by atoms with E-state index in [4.69, 9.17) is 4.74 Å². The van der Waals surface area contributed by atoms with Crippen molar-refractivity contribution >= 4 is 34.5 Å². The molecule has 4 rings (SSSR count). The number of rotatable bonds is 7. The SMILES string of the molecule is CC(=O)N1CCN(c2ccc(C(=O)N(Cc3cccs3)CC3CCCO3)cc2[N+](=O)[O-])CC1. The van der Waals surface area contributed by atoms with E-state index in [1.165, 1.54) is 13.0 Å². The average molecular weight is 473 g/mol. The topological polar surface area (TPSA) is 96.2 Å². The molecule has 0 bridgehead atoms. The number of anilines is 1. The number of nitro groups is 1. The van der Waals surface area contributed by atoms with Crippen LogP contribution in [0.25, 0.3) is 0 Å². The van der Waals surface area contributed by atoms with Crippen molar-refractivity contribution in [2.75, 3.05) is 44.2 Å². The number of piperazine rings is 1. The summed E-state index contributed by atoms with van der Waals surface area (Å²) >= 11 is 1.58. The van der Waals surface area contributed by atoms with Gasteiger partial charge in [-0.15, -0.1) is 11.3 Å². The smallest absolute Gasteiger partial charge is 0.293 e. The van der Waals surface area contributed by atoms with Crippen LogP contribution in [0.15, 0.2) is 35.7 Å². The van der Waals surface area contributed by atoms with Crippen LogP contribution in [0.3, 0.4) is 0 Å². The second-order valence-corrected chi connectivity index (χ2v) is 9.39. The van der Waals surface area contributed by atoms with Crippen LogP contribution in [0.4, 0.5) is 11.4 Å². The normalized spacial score (nSPS) is 18.4. The second-order valence-electron chi connectivity index (χ2n) is 8.35. The molecule has 9 nitrogen and oxygen atoms in total. The van der Waals surface area contributed by atoms with Crippen LogP contribution in [0, 0.1) is 10.1 Å². The first-order chi connectivity index (χ1) is 15.9. The highest BCUT2D eigenvalue weighted by Crippen LogP contribution is 2.31. The molecular formula is C23H28N4O5S. The van der Waals surface area contributed by atoms with Crippen molar-refractivity contribution in [1.82, 2.24) is 9.80 Å². The third-order valence-corrected chi connectivity index (χ3v) is 7.01. The Hall–Kier alpha value is -2.98. The molecule has 176 valence electrons. The molecular weight excluding hydrogens is 444 g/mol. The fourth-order valence-electron chi connectivity index (χ4n) is 4.36. The van der Waals surface area contributed by atoms with Gasteiger partial charge in [0.15, 0.2) is 0 Å². The first-order valence-corrected chi connectivity index (χ1v) is 12.0. The lowest BCUT2D eigenvalue weighted by atomic mass is 10.1. The average Bonchev–Trinajstić information content (AvgIpc) is 3.52. The van der Waals surface area contributed by atoms with Gasteiger partial charge < -0.3 is 19.4 Å². The maximum atomic E-state index is 13.4. The number of carbonyl (C=O) groups excluding carboxylic acids is 2. The van der Waals surface area contributed by atoms with Crippen LogP contribution in [-0.4, -0.2) is 72.0 Å². The molecule has 2 aromatic rings. The first-order valence-electron chi connectivity index (χ1n) is 11.1. The van der Waals surface area contributed by atoms with Crippen LogP contribution in [0.1, 0.15) is 35.0 Å². The van der Waals surface area contributed by atoms with Gasteiger partial charge in [-0.1, -0.05) is 6.07 Å². The van der Waals surface area contributed by atoms with Crippen molar-refractivity contribution < 1.29 is 19.2 Å². The molecule has 1 aromatic heterocycles. The Morgan fingerprint density at radius 3 is 2.64 bits per heavy atom. The summed E-state index contributed by atoms with van der Waals surface area (Å²) in [5.41, 5.74) is 0.677. The monoisotopic (exact) mass is 472 g/mol. The summed E-state index contributed by atoms with van der Waals surface area (Å²) in [6, 6.07) is 8.63. The first kappa shape index (κ1) is 23.2. The highest BCUT2D eigenvalue weighted by molar-refractivity contribution is 7.09. The Kier molecular flexibility index (Phi) is 7.24. The van der Waals surface area contributed by atoms with E-state index in [0.29, 0.717) is 57.1 Å². The number of thiophene rings is 1. The Morgan fingerprint density at radius 2 is 2.03 bits per heavy atom. The van der Waals surface area contributed by atoms with Crippen LogP contribution in [0.2, 0.25) is 0 Å². The summed E-state index contributed by atoms with van der Waals surface area (Å²) < 4.78 is 5.74. The van der Waals surface area contributed by atoms with Crippen molar-refractivity contribution in [3.05, 3.63) is 56.3 Å². The van der Waals surface area contributed by atoms with E-state index in [1.54, 1.807) is 33.3 Å². The molecule has 0 N–H and O–H groups in total. The zero-order valence-electron chi connectivity index (χ0n) is 18.6. The molecule has 2 aliphatic heterocycles. The molecule has 10 heteroatoms. The fraction of sp³-hybridized carbons (Fsp3) is 0.478. The minimum atomic E-state index is -0.437. The van der Waals surface area contributed by atoms with E-state index < -0.39 is 4.92 Å². The van der Waals surface area contributed by atoms with Crippen molar-refractivity contribution in [3.63, 3.8) is 0 Å². The van der Waals surface area contributed by atoms with E-state index in [2.05, 4.69) is 0 Å². The van der Waals surface area contributed by atoms with Gasteiger partial charge in [-0.05, 0) is 36.4 Å². The molecule has 3 heterocycles. The maximum Gasteiger partial charge on any atom is 0.293 e. The Morgan fingerprint density at radius 1 is 1.24 bits per heavy atom. The van der Waals surface area contributed by atoms with Crippen molar-refractivity contribution in [2.24, 2.45) is 0 Å². The molecule has 1 aromatic carbocycles. The minimum absolute atomic E-state index is 0.00201. The van der Waals surface area contributed by atoms with Crippen molar-refractivity contribution in [3.8, 4) is 0 Å². The molecule has 1 unspecified atom stereocenters. The van der Waals surface area contributed by atoms with Crippen LogP contribution < -0.4 is 4.90 Å². The molecule has 2 saturated heterocycles. The largest absolute Gasteiger partial charge is 0.376 e. The van der Waals surface area contributed by atoms with E-state index in [-0.39, 0.29) is 23.6 Å². The van der Waals surface area contributed by atoms with E-state index >= 15 is 0 Å². The van der Waals surface area contributed by atoms with E-state index in [9.17, 15) is 19.7 Å². The van der Waals surface area contributed by atoms with Crippen molar-refractivity contribution in [1.29, 1.82) is 0 Å². The van der Waals surface area contributed by atoms with Gasteiger partial charge in [-0.2, -0.15) is 0 Å². The number of carbonyl (C=O) groups is 2. The molecule has 0 aliphatic carbocycles. The summed E-state index contributed by atoms with van der Waals surface area (Å²) in [5.74, 6) is -0.239. The molecule has 2 amide bonds. The number of nitro benzene ring substituents is 1. The van der Waals surface area contributed by atoms with E-state index in [1.807, 2.05) is 22.4 Å². The number of amides is 2. The minimum Gasteiger partial charge on any atom is -0.376 e. The Labute approximate surface area is 196 Å². The zero-order valence-corrected chi connectivity index (χ0v) is 19.5. The molecule has 0 saturated carbocycles. The molecule has 0 radical (unpaired) electrons. The lowest BCUT2D eigenvalue weighted by Gasteiger charge is -2.35. The highest BCUT2D eigenvalue weighted by atomic mass is 32.1. The fourth-order valence-corrected chi connectivity index (χ4v) is 5.08. The molecule has 1 atom stereocenters. The van der Waals surface area contributed by atoms with Gasteiger partial charge in [0.05, 0.1) is 17.6 Å². The van der Waals surface area contributed by atoms with Gasteiger partial charge in [0.25, 0.3) is 11.6 Å². The summed E-state index contributed by atoms with van der Waals surface area (Å²) in [6.45, 7) is 5.18. The van der Waals surface area contributed by atoms with Crippen LogP contribution in [0.5, 0.6) is 0 Å². The predicted octanol–water partition coefficient (Wildman–Crippen LogP) is 3.15. The van der Waals surface area contributed by atoms with Gasteiger partial charge in [-0.25, -0.2) is 0 Å². The number of nitrogens with zero attached hydrogens (tertiary/aromatic N) is 4. The standard InChI is InChI=1S/C23H28N4O5S/c1-17(28)24-8-10-25(11-9-24)21-7-6-18(14-22(21)27(30)31)23(29)26(15-19-4-2-12-32-19)16-20-5-3-13-33-20/h3,5-7,13-14,19H,2,4,8-12,15-16H2,1H3. The van der Waals surface area contributed by atoms with Gasteiger partial charge in [0, 0.05) is 62.8 Å². The summed E-state index contributed by atoms with van der Waals surface area (Å²) in [6.07, 6.45) is 1.86. The Balaban J connectivity index is 1.56. The van der Waals surface area contributed by atoms with Gasteiger partial charge >= 0.3 is 0 Å². The number of hydrogen-bond acceptors (Lipinski definition) is 7. The molecule has 0 spiro atoms. The van der Waals surface area contributed by atoms with Crippen LogP contribution >= 0.6 is 11.3 Å². The number of hydrogen-bond donors (Lipinski definition) is 0. The predicted molar refractivity (Wildman–Crippen MR) is 126 cm³/mol. The Bertz CT molecular complexity index is 998. The zero-order chi connectivity index (χ0) is 23.4. The van der Waals surface area contributed by atoms with Gasteiger partial charge in [0.1, 0.15) is 5.69 Å². The summed E-state index contributed by atoms with van der Waals surface area (Å²) in [5, 5.41) is 13.9. The molecule has 2 aliphatic rings. The highest BCUT2D eigenvalue weighted by Gasteiger charge is 2.28. The van der Waals surface area contributed by atoms with Gasteiger partial charge in [0.2, 0.25) is 5.91 Å².